The van der Waals surface area contributed by atoms with Crippen LogP contribution in [0.1, 0.15) is 37.1 Å². The number of nitrogens with zero attached hydrogens (tertiary/aromatic N) is 2. The number of benzene rings is 1. The molecule has 0 N–H and O–H groups in total. The number of Topliss-reactive ketones (excluding diaryl/α,β-unsaturated/α-hetero) is 1. The second kappa shape index (κ2) is 8.42. The van der Waals surface area contributed by atoms with E-state index in [0.717, 1.165) is 61.7 Å². The van der Waals surface area contributed by atoms with Crippen molar-refractivity contribution < 1.29 is 9.53 Å². The van der Waals surface area contributed by atoms with Gasteiger partial charge in [0.1, 0.15) is 5.01 Å². The third-order valence-corrected chi connectivity index (χ3v) is 6.37. The molecule has 0 unspecified atom stereocenters. The molecule has 0 saturated carbocycles. The number of carbonyl (C=O) groups is 1. The lowest BCUT2D eigenvalue weighted by Gasteiger charge is -2.41. The maximum Gasteiger partial charge on any atom is 0.156 e. The number of ketones is 1. The summed E-state index contributed by atoms with van der Waals surface area (Å²) in [5.74, 6) is 0.338. The molecule has 2 aliphatic rings. The Balaban J connectivity index is 1.44. The molecule has 1 atom stereocenters. The lowest BCUT2D eigenvalue weighted by Crippen LogP contribution is -2.52. The van der Waals surface area contributed by atoms with Crippen molar-refractivity contribution in [1.29, 1.82) is 0 Å². The van der Waals surface area contributed by atoms with Crippen LogP contribution in [-0.4, -0.2) is 47.5 Å². The largest absolute Gasteiger partial charge is 0.381 e. The van der Waals surface area contributed by atoms with Crippen LogP contribution < -0.4 is 0 Å². The monoisotopic (exact) mass is 370 g/mol. The SMILES string of the molecule is O=C(Cc1nc(-c2ccccc2)cs1)[C@@H]1CCCCN1C1CCOCC1. The highest BCUT2D eigenvalue weighted by Gasteiger charge is 2.34. The fraction of sp³-hybridized carbons (Fsp3) is 0.524. The van der Waals surface area contributed by atoms with Crippen LogP contribution in [0.3, 0.4) is 0 Å². The maximum absolute atomic E-state index is 13.1. The van der Waals surface area contributed by atoms with Crippen molar-refractivity contribution in [2.24, 2.45) is 0 Å². The highest BCUT2D eigenvalue weighted by atomic mass is 32.1. The number of piperidine rings is 1. The Morgan fingerprint density at radius 1 is 1.15 bits per heavy atom. The van der Waals surface area contributed by atoms with Crippen molar-refractivity contribution in [3.05, 3.63) is 40.7 Å². The molecule has 0 bridgehead atoms. The van der Waals surface area contributed by atoms with Crippen LogP contribution in [0.25, 0.3) is 11.3 Å². The quantitative estimate of drug-likeness (QED) is 0.799. The second-order valence-electron chi connectivity index (χ2n) is 7.23. The van der Waals surface area contributed by atoms with Gasteiger partial charge in [-0.25, -0.2) is 4.98 Å². The molecular formula is C21H26N2O2S. The Bertz CT molecular complexity index is 725. The molecule has 0 radical (unpaired) electrons. The summed E-state index contributed by atoms with van der Waals surface area (Å²) in [4.78, 5) is 20.2. The summed E-state index contributed by atoms with van der Waals surface area (Å²) < 4.78 is 5.51. The minimum atomic E-state index is 0.0657. The summed E-state index contributed by atoms with van der Waals surface area (Å²) in [5, 5.41) is 3.00. The normalized spacial score (nSPS) is 22.4. The summed E-state index contributed by atoms with van der Waals surface area (Å²) in [5.41, 5.74) is 2.09. The molecule has 4 nitrogen and oxygen atoms in total. The molecule has 3 heterocycles. The molecule has 0 amide bonds. The van der Waals surface area contributed by atoms with Crippen molar-refractivity contribution in [3.63, 3.8) is 0 Å². The van der Waals surface area contributed by atoms with E-state index in [1.165, 1.54) is 6.42 Å². The van der Waals surface area contributed by atoms with Crippen LogP contribution >= 0.6 is 11.3 Å². The lowest BCUT2D eigenvalue weighted by molar-refractivity contribution is -0.127. The van der Waals surface area contributed by atoms with Gasteiger partial charge in [0, 0.05) is 30.2 Å². The van der Waals surface area contributed by atoms with E-state index in [1.807, 2.05) is 18.2 Å². The summed E-state index contributed by atoms with van der Waals surface area (Å²) in [7, 11) is 0. The topological polar surface area (TPSA) is 42.4 Å². The van der Waals surface area contributed by atoms with E-state index in [2.05, 4.69) is 22.4 Å². The lowest BCUT2D eigenvalue weighted by atomic mass is 9.93. The van der Waals surface area contributed by atoms with Crippen molar-refractivity contribution in [1.82, 2.24) is 9.88 Å². The number of aromatic nitrogens is 1. The number of thiazole rings is 1. The number of carbonyl (C=O) groups excluding carboxylic acids is 1. The fourth-order valence-corrected chi connectivity index (χ4v) is 4.97. The van der Waals surface area contributed by atoms with Gasteiger partial charge in [-0.15, -0.1) is 11.3 Å². The van der Waals surface area contributed by atoms with Gasteiger partial charge in [-0.1, -0.05) is 36.8 Å². The smallest absolute Gasteiger partial charge is 0.156 e. The first-order chi connectivity index (χ1) is 12.8. The highest BCUT2D eigenvalue weighted by molar-refractivity contribution is 7.10. The Morgan fingerprint density at radius 2 is 1.96 bits per heavy atom. The summed E-state index contributed by atoms with van der Waals surface area (Å²) in [6, 6.07) is 10.8. The standard InChI is InChI=1S/C21H26N2O2S/c24-20(14-21-22-18(15-26-21)16-6-2-1-3-7-16)19-8-4-5-11-23(19)17-9-12-25-13-10-17/h1-3,6-7,15,17,19H,4-5,8-14H2/t19-/m0/s1. The van der Waals surface area contributed by atoms with Crippen molar-refractivity contribution in [3.8, 4) is 11.3 Å². The van der Waals surface area contributed by atoms with Crippen LogP contribution in [0.2, 0.25) is 0 Å². The van der Waals surface area contributed by atoms with E-state index in [-0.39, 0.29) is 6.04 Å². The zero-order chi connectivity index (χ0) is 17.8. The zero-order valence-corrected chi connectivity index (χ0v) is 15.9. The molecule has 1 aromatic carbocycles. The average Bonchev–Trinajstić information content (AvgIpc) is 3.18. The average molecular weight is 371 g/mol. The zero-order valence-electron chi connectivity index (χ0n) is 15.1. The third-order valence-electron chi connectivity index (χ3n) is 5.52. The number of likely N-dealkylation sites (tertiary alicyclic amines) is 1. The minimum absolute atomic E-state index is 0.0657. The van der Waals surface area contributed by atoms with Crippen molar-refractivity contribution in [2.75, 3.05) is 19.8 Å². The van der Waals surface area contributed by atoms with Gasteiger partial charge in [-0.05, 0) is 32.2 Å². The fourth-order valence-electron chi connectivity index (χ4n) is 4.15. The van der Waals surface area contributed by atoms with Gasteiger partial charge in [0.05, 0.1) is 18.2 Å². The molecule has 5 heteroatoms. The number of hydrogen-bond acceptors (Lipinski definition) is 5. The van der Waals surface area contributed by atoms with Crippen LogP contribution in [0.5, 0.6) is 0 Å². The number of ether oxygens (including phenoxy) is 1. The molecule has 2 aromatic rings. The van der Waals surface area contributed by atoms with Crippen LogP contribution in [0, 0.1) is 0 Å². The predicted molar refractivity (Wildman–Crippen MR) is 104 cm³/mol. The molecule has 1 aromatic heterocycles. The highest BCUT2D eigenvalue weighted by Crippen LogP contribution is 2.27. The molecule has 4 rings (SSSR count). The minimum Gasteiger partial charge on any atom is -0.381 e. The first-order valence-electron chi connectivity index (χ1n) is 9.67. The molecule has 2 aliphatic heterocycles. The van der Waals surface area contributed by atoms with Gasteiger partial charge in [0.2, 0.25) is 0 Å². The Labute approximate surface area is 159 Å². The van der Waals surface area contributed by atoms with Crippen molar-refractivity contribution >= 4 is 17.1 Å². The molecule has 2 fully saturated rings. The predicted octanol–water partition coefficient (Wildman–Crippen LogP) is 3.96. The Kier molecular flexibility index (Phi) is 5.78. The molecule has 26 heavy (non-hydrogen) atoms. The van der Waals surface area contributed by atoms with Gasteiger partial charge in [-0.3, -0.25) is 9.69 Å². The van der Waals surface area contributed by atoms with Gasteiger partial charge >= 0.3 is 0 Å². The van der Waals surface area contributed by atoms with Gasteiger partial charge in [0.25, 0.3) is 0 Å². The van der Waals surface area contributed by atoms with Crippen LogP contribution in [0.15, 0.2) is 35.7 Å². The maximum atomic E-state index is 13.1. The summed E-state index contributed by atoms with van der Waals surface area (Å²) in [6.07, 6.45) is 5.92. The van der Waals surface area contributed by atoms with E-state index in [9.17, 15) is 4.79 Å². The van der Waals surface area contributed by atoms with E-state index in [4.69, 9.17) is 9.72 Å². The molecular weight excluding hydrogens is 344 g/mol. The first-order valence-corrected chi connectivity index (χ1v) is 10.6. The van der Waals surface area contributed by atoms with Gasteiger partial charge < -0.3 is 4.74 Å². The van der Waals surface area contributed by atoms with Crippen molar-refractivity contribution in [2.45, 2.75) is 50.6 Å². The Hall–Kier alpha value is -1.56. The van der Waals surface area contributed by atoms with Crippen LogP contribution in [0.4, 0.5) is 0 Å². The third kappa shape index (κ3) is 4.05. The van der Waals surface area contributed by atoms with E-state index in [1.54, 1.807) is 11.3 Å². The number of rotatable bonds is 5. The van der Waals surface area contributed by atoms with E-state index < -0.39 is 0 Å². The van der Waals surface area contributed by atoms with E-state index >= 15 is 0 Å². The first kappa shape index (κ1) is 17.8. The molecule has 0 spiro atoms. The van der Waals surface area contributed by atoms with Gasteiger partial charge in [-0.2, -0.15) is 0 Å². The summed E-state index contributed by atoms with van der Waals surface area (Å²) in [6.45, 7) is 2.71. The van der Waals surface area contributed by atoms with Gasteiger partial charge in [0.15, 0.2) is 5.78 Å². The molecule has 2 saturated heterocycles. The second-order valence-corrected chi connectivity index (χ2v) is 8.17. The molecule has 0 aliphatic carbocycles. The van der Waals surface area contributed by atoms with Crippen LogP contribution in [-0.2, 0) is 16.0 Å². The number of hydrogen-bond donors (Lipinski definition) is 0. The Morgan fingerprint density at radius 3 is 2.77 bits per heavy atom. The molecule has 138 valence electrons. The summed E-state index contributed by atoms with van der Waals surface area (Å²) >= 11 is 1.60. The van der Waals surface area contributed by atoms with E-state index in [0.29, 0.717) is 18.2 Å².